The Labute approximate surface area is 221 Å². The second-order valence-corrected chi connectivity index (χ2v) is 9.09. The molecule has 0 unspecified atom stereocenters. The molecule has 196 valence electrons. The molecule has 1 N–H and O–H groups in total. The van der Waals surface area contributed by atoms with Gasteiger partial charge < -0.3 is 19.5 Å². The quantitative estimate of drug-likeness (QED) is 0.322. The Hall–Kier alpha value is -5.19. The molecule has 0 radical (unpaired) electrons. The highest BCUT2D eigenvalue weighted by molar-refractivity contribution is 5.98. The Balaban J connectivity index is 1.27. The Kier molecular flexibility index (Phi) is 6.16. The van der Waals surface area contributed by atoms with E-state index in [1.54, 1.807) is 28.7 Å². The number of carbonyl (C=O) groups is 2. The molecule has 1 amide bonds. The van der Waals surface area contributed by atoms with Crippen LogP contribution in [0.15, 0.2) is 71.8 Å². The number of nitrogens with one attached hydrogen (secondary N) is 1. The minimum Gasteiger partial charge on any atom is -0.461 e. The van der Waals surface area contributed by atoms with Gasteiger partial charge in [-0.05, 0) is 47.0 Å². The molecule has 11 nitrogen and oxygen atoms in total. The summed E-state index contributed by atoms with van der Waals surface area (Å²) >= 11 is 0. The van der Waals surface area contributed by atoms with Gasteiger partial charge in [0.05, 0.1) is 17.4 Å². The van der Waals surface area contributed by atoms with Crippen LogP contribution in [-0.4, -0.2) is 37.8 Å². The minimum atomic E-state index is -0.350. The van der Waals surface area contributed by atoms with Gasteiger partial charge in [-0.2, -0.15) is 0 Å². The zero-order valence-electron chi connectivity index (χ0n) is 20.9. The summed E-state index contributed by atoms with van der Waals surface area (Å²) in [6, 6.07) is 17.9. The summed E-state index contributed by atoms with van der Waals surface area (Å²) in [5.41, 5.74) is 3.21. The molecule has 11 heteroatoms. The zero-order valence-corrected chi connectivity index (χ0v) is 20.9. The molecule has 1 aliphatic rings. The molecule has 0 atom stereocenters. The lowest BCUT2D eigenvalue weighted by molar-refractivity contribution is -0.142. The van der Waals surface area contributed by atoms with Gasteiger partial charge in [0.1, 0.15) is 12.9 Å². The molecule has 2 aromatic heterocycles. The highest BCUT2D eigenvalue weighted by atomic mass is 16.7. The summed E-state index contributed by atoms with van der Waals surface area (Å²) in [4.78, 5) is 37.7. The van der Waals surface area contributed by atoms with Crippen molar-refractivity contribution in [1.29, 1.82) is 0 Å². The Bertz CT molecular complexity index is 1790. The molecule has 3 aromatic carbocycles. The van der Waals surface area contributed by atoms with E-state index in [9.17, 15) is 14.4 Å². The van der Waals surface area contributed by atoms with Crippen LogP contribution in [0.25, 0.3) is 16.7 Å². The third-order valence-electron chi connectivity index (χ3n) is 6.46. The summed E-state index contributed by atoms with van der Waals surface area (Å²) in [6.45, 7) is 2.25. The van der Waals surface area contributed by atoms with E-state index in [4.69, 9.17) is 14.2 Å². The number of benzene rings is 3. The molecule has 39 heavy (non-hydrogen) atoms. The van der Waals surface area contributed by atoms with Gasteiger partial charge in [-0.25, -0.2) is 0 Å². The lowest BCUT2D eigenvalue weighted by Gasteiger charge is -2.12. The molecule has 1 aliphatic heterocycles. The first kappa shape index (κ1) is 24.2. The number of amides is 1. The Morgan fingerprint density at radius 1 is 0.974 bits per heavy atom. The Morgan fingerprint density at radius 3 is 2.56 bits per heavy atom. The molecule has 0 saturated carbocycles. The summed E-state index contributed by atoms with van der Waals surface area (Å²) < 4.78 is 19.0. The first-order valence-corrected chi connectivity index (χ1v) is 12.2. The van der Waals surface area contributed by atoms with Crippen LogP contribution in [0.1, 0.15) is 34.0 Å². The molecule has 0 saturated heterocycles. The number of esters is 1. The Morgan fingerprint density at radius 2 is 1.74 bits per heavy atom. The fourth-order valence-corrected chi connectivity index (χ4v) is 4.46. The smallest absolute Gasteiger partial charge is 0.302 e. The summed E-state index contributed by atoms with van der Waals surface area (Å²) in [5, 5.41) is 11.4. The van der Waals surface area contributed by atoms with Crippen molar-refractivity contribution in [3.05, 3.63) is 99.6 Å². The topological polar surface area (TPSA) is 126 Å². The van der Waals surface area contributed by atoms with Crippen molar-refractivity contribution in [2.45, 2.75) is 26.6 Å². The summed E-state index contributed by atoms with van der Waals surface area (Å²) in [5.74, 6) is 1.04. The second kappa shape index (κ2) is 9.93. The van der Waals surface area contributed by atoms with Crippen molar-refractivity contribution in [2.75, 3.05) is 6.79 Å². The SMILES string of the molecule is CC(=O)OCc1ccc(Cn2c(=O)c3cc(C(=O)NCc4ccc5c(c4)OCO5)ccc3n3cnnc23)cc1. The van der Waals surface area contributed by atoms with Crippen molar-refractivity contribution < 1.29 is 23.8 Å². The van der Waals surface area contributed by atoms with Crippen LogP contribution in [-0.2, 0) is 29.2 Å². The van der Waals surface area contributed by atoms with Gasteiger partial charge >= 0.3 is 5.97 Å². The summed E-state index contributed by atoms with van der Waals surface area (Å²) in [7, 11) is 0. The molecule has 0 bridgehead atoms. The molecule has 0 fully saturated rings. The van der Waals surface area contributed by atoms with Gasteiger partial charge in [-0.3, -0.25) is 23.4 Å². The maximum absolute atomic E-state index is 13.6. The molecular formula is C28H23N5O6. The molecule has 3 heterocycles. The number of fused-ring (bicyclic) bond motifs is 4. The van der Waals surface area contributed by atoms with Crippen LogP contribution in [0, 0.1) is 0 Å². The molecule has 0 spiro atoms. The molecule has 6 rings (SSSR count). The van der Waals surface area contributed by atoms with E-state index in [1.165, 1.54) is 17.8 Å². The number of hydrogen-bond acceptors (Lipinski definition) is 8. The maximum Gasteiger partial charge on any atom is 0.302 e. The van der Waals surface area contributed by atoms with E-state index in [2.05, 4.69) is 15.5 Å². The van der Waals surface area contributed by atoms with Crippen LogP contribution >= 0.6 is 0 Å². The average Bonchev–Trinajstić information content (AvgIpc) is 3.63. The first-order chi connectivity index (χ1) is 19.0. The zero-order chi connectivity index (χ0) is 26.9. The highest BCUT2D eigenvalue weighted by Crippen LogP contribution is 2.32. The molecule has 5 aromatic rings. The van der Waals surface area contributed by atoms with E-state index in [0.29, 0.717) is 33.7 Å². The van der Waals surface area contributed by atoms with Gasteiger partial charge in [0, 0.05) is 19.0 Å². The fraction of sp³-hybridized carbons (Fsp3) is 0.179. The van der Waals surface area contributed by atoms with Crippen molar-refractivity contribution in [3.8, 4) is 11.5 Å². The second-order valence-electron chi connectivity index (χ2n) is 9.09. The number of aromatic nitrogens is 4. The summed E-state index contributed by atoms with van der Waals surface area (Å²) in [6.07, 6.45) is 1.54. The average molecular weight is 526 g/mol. The predicted octanol–water partition coefficient (Wildman–Crippen LogP) is 2.81. The van der Waals surface area contributed by atoms with E-state index < -0.39 is 0 Å². The number of hydrogen-bond donors (Lipinski definition) is 1. The number of ether oxygens (including phenoxy) is 3. The lowest BCUT2D eigenvalue weighted by Crippen LogP contribution is -2.25. The van der Waals surface area contributed by atoms with Gasteiger partial charge in [0.2, 0.25) is 12.6 Å². The van der Waals surface area contributed by atoms with Crippen LogP contribution < -0.4 is 20.3 Å². The minimum absolute atomic E-state index is 0.180. The van der Waals surface area contributed by atoms with E-state index >= 15 is 0 Å². The van der Waals surface area contributed by atoms with Crippen molar-refractivity contribution >= 4 is 28.6 Å². The van der Waals surface area contributed by atoms with Gasteiger partial charge in [-0.1, -0.05) is 30.3 Å². The van der Waals surface area contributed by atoms with Crippen LogP contribution in [0.2, 0.25) is 0 Å². The first-order valence-electron chi connectivity index (χ1n) is 12.2. The molecular weight excluding hydrogens is 502 g/mol. The van der Waals surface area contributed by atoms with Gasteiger partial charge in [-0.15, -0.1) is 10.2 Å². The van der Waals surface area contributed by atoms with Crippen LogP contribution in [0.4, 0.5) is 0 Å². The monoisotopic (exact) mass is 525 g/mol. The van der Waals surface area contributed by atoms with Gasteiger partial charge in [0.25, 0.3) is 11.5 Å². The normalized spacial score (nSPS) is 12.1. The molecule has 0 aliphatic carbocycles. The van der Waals surface area contributed by atoms with Crippen LogP contribution in [0.5, 0.6) is 11.5 Å². The predicted molar refractivity (Wildman–Crippen MR) is 140 cm³/mol. The van der Waals surface area contributed by atoms with E-state index in [0.717, 1.165) is 16.7 Å². The standard InChI is InChI=1S/C28H23N5O6/c1-17(34)37-14-19-4-2-18(3-5-19)13-32-27(36)22-11-21(7-8-23(22)33-15-30-31-28(32)33)26(35)29-12-20-6-9-24-25(10-20)39-16-38-24/h2-11,15H,12-14,16H2,1H3,(H,29,35). The number of nitrogens with zero attached hydrogens (tertiary/aromatic N) is 4. The van der Waals surface area contributed by atoms with Crippen molar-refractivity contribution in [2.24, 2.45) is 0 Å². The van der Waals surface area contributed by atoms with Crippen molar-refractivity contribution in [1.82, 2.24) is 24.5 Å². The largest absolute Gasteiger partial charge is 0.461 e. The maximum atomic E-state index is 13.6. The highest BCUT2D eigenvalue weighted by Gasteiger charge is 2.17. The number of carbonyl (C=O) groups excluding carboxylic acids is 2. The fourth-order valence-electron chi connectivity index (χ4n) is 4.46. The third kappa shape index (κ3) is 4.77. The lowest BCUT2D eigenvalue weighted by atomic mass is 10.1. The van der Waals surface area contributed by atoms with Gasteiger partial charge in [0.15, 0.2) is 11.5 Å². The van der Waals surface area contributed by atoms with E-state index in [1.807, 2.05) is 36.4 Å². The van der Waals surface area contributed by atoms with E-state index in [-0.39, 0.29) is 43.9 Å². The van der Waals surface area contributed by atoms with Crippen LogP contribution in [0.3, 0.4) is 0 Å². The van der Waals surface area contributed by atoms with Crippen molar-refractivity contribution in [3.63, 3.8) is 0 Å². The third-order valence-corrected chi connectivity index (χ3v) is 6.46. The number of rotatable bonds is 7.